The number of fused-ring (bicyclic) bond motifs is 3. The van der Waals surface area contributed by atoms with E-state index in [-0.39, 0.29) is 128 Å². The topological polar surface area (TPSA) is 424 Å². The summed E-state index contributed by atoms with van der Waals surface area (Å²) < 4.78 is 17.7. The fraction of sp³-hybridized carbons (Fsp3) is 0.168. The van der Waals surface area contributed by atoms with Crippen LogP contribution in [-0.2, 0) is 133 Å². The molecule has 21 aromatic rings. The van der Waals surface area contributed by atoms with Gasteiger partial charge < -0.3 is 92.3 Å². The molecule has 37 nitrogen and oxygen atoms in total. The van der Waals surface area contributed by atoms with Crippen LogP contribution in [-0.4, -0.2) is 178 Å². The molecule has 42 heteroatoms. The van der Waals surface area contributed by atoms with Gasteiger partial charge in [-0.1, -0.05) is 211 Å². The summed E-state index contributed by atoms with van der Waals surface area (Å²) >= 11 is 0. The number of hydrogen-bond acceptors (Lipinski definition) is 29. The average molecular weight is 2800 g/mol. The van der Waals surface area contributed by atoms with Crippen molar-refractivity contribution in [2.45, 2.75) is 111 Å². The Bertz CT molecular complexity index is 7140. The van der Waals surface area contributed by atoms with E-state index in [0.29, 0.717) is 76.1 Å². The zero-order chi connectivity index (χ0) is 95.9. The molecule has 0 bridgehead atoms. The van der Waals surface area contributed by atoms with E-state index >= 15 is 0 Å². The van der Waals surface area contributed by atoms with Crippen LogP contribution in [0, 0.1) is 50.6 Å². The van der Waals surface area contributed by atoms with Crippen molar-refractivity contribution < 1.29 is 120 Å². The molecule has 0 saturated carbocycles. The van der Waals surface area contributed by atoms with Crippen molar-refractivity contribution in [3.63, 3.8) is 0 Å². The Kier molecular flexibility index (Phi) is 36.0. The summed E-state index contributed by atoms with van der Waals surface area (Å²) in [6.07, 6.45) is 34.6. The van der Waals surface area contributed by atoms with E-state index in [1.54, 1.807) is 71.8 Å². The molecule has 0 fully saturated rings. The maximum Gasteiger partial charge on any atom is 2.00 e. The Morgan fingerprint density at radius 2 is 0.580 bits per heavy atom. The zero-order valence-corrected chi connectivity index (χ0v) is 89.7. The number of rotatable bonds is 20. The molecule has 18 aromatic heterocycles. The number of allylic oxidation sites excluding steroid dienone is 2. The minimum Gasteiger partial charge on any atom is -0.513 e. The van der Waals surface area contributed by atoms with Gasteiger partial charge in [0.25, 0.3) is 0 Å². The Labute approximate surface area is 894 Å². The van der Waals surface area contributed by atoms with Gasteiger partial charge in [0.15, 0.2) is 0 Å². The number of nitrogens with zero attached hydrogens (tertiary/aromatic N) is 34. The van der Waals surface area contributed by atoms with Gasteiger partial charge >= 0.3 is 84.3 Å². The molecule has 728 valence electrons. The molecule has 18 heterocycles. The largest absolute Gasteiger partial charge is 2.00 e. The second kappa shape index (κ2) is 48.1. The van der Waals surface area contributed by atoms with Gasteiger partial charge in [0.2, 0.25) is 11.8 Å². The summed E-state index contributed by atoms with van der Waals surface area (Å²) in [5.41, 5.74) is 10.9. The molecule has 0 spiro atoms. The van der Waals surface area contributed by atoms with Crippen LogP contribution >= 0.6 is 0 Å². The average Bonchev–Trinajstić information content (AvgIpc) is 1.57. The summed E-state index contributed by atoms with van der Waals surface area (Å²) in [4.78, 5) is 78.2. The van der Waals surface area contributed by atoms with Gasteiger partial charge in [-0.25, -0.2) is 50.8 Å². The molecule has 0 aliphatic heterocycles. The molecule has 0 amide bonds. The van der Waals surface area contributed by atoms with Crippen molar-refractivity contribution in [2.75, 3.05) is 0 Å². The zero-order valence-electron chi connectivity index (χ0n) is 78.4. The van der Waals surface area contributed by atoms with Crippen molar-refractivity contribution in [1.29, 1.82) is 0 Å². The SMILES string of the molecule is CC(C)(C)c1n[c-]n(-c2cccc(C(C)(C)c3cccc(-n4[c-]nc(C(C)(C)C)n4)n3)n2)n1.CC(C)(c1cccc(-n2[c-]ncn2)n1)c1cccc(-n2[c-]ncn2)n1.CC(O)=Cc1cc(-c2ccccc2)c2ccc3c(-c4ccccc4)cc(C=C(C)O)nc3c2n1.[Pt+2].[Pt+2].[Pt+2].[Pt+2].[Pt].[c-]1ncnn1-c1cccc(Cc2cccc(-n3[c-]ncn3)n2)n1.[c-]1ncnn1-c1cccc(Oc2cccc(-n3[c-]ncn3)n2)n1. The third kappa shape index (κ3) is 26.5. The summed E-state index contributed by atoms with van der Waals surface area (Å²) in [5, 5.41) is 55.2. The smallest absolute Gasteiger partial charge is 0.513 e. The molecular weight excluding hydrogens is 2710 g/mol. The molecule has 0 atom stereocenters. The van der Waals surface area contributed by atoms with Crippen molar-refractivity contribution in [2.24, 2.45) is 0 Å². The van der Waals surface area contributed by atoms with Gasteiger partial charge in [-0.05, 0) is 135 Å². The normalized spacial score (nSPS) is 11.4. The second-order valence-electron chi connectivity index (χ2n) is 34.1. The number of aliphatic hydroxyl groups is 2. The van der Waals surface area contributed by atoms with Crippen LogP contribution in [0.15, 0.2) is 280 Å². The fourth-order valence-corrected chi connectivity index (χ4v) is 14.0. The molecule has 2 N–H and O–H groups in total. The number of aliphatic hydroxyl groups excluding tert-OH is 2. The van der Waals surface area contributed by atoms with E-state index < -0.39 is 10.8 Å². The van der Waals surface area contributed by atoms with Crippen molar-refractivity contribution in [3.05, 3.63) is 388 Å². The molecule has 21 rings (SSSR count). The summed E-state index contributed by atoms with van der Waals surface area (Å²) in [6, 6.07) is 73.7. The second-order valence-corrected chi connectivity index (χ2v) is 34.1. The number of ether oxygens (including phenoxy) is 1. The van der Waals surface area contributed by atoms with E-state index in [9.17, 15) is 10.2 Å². The Morgan fingerprint density at radius 1 is 0.308 bits per heavy atom. The molecule has 0 unspecified atom stereocenters. The minimum absolute atomic E-state index is 0. The van der Waals surface area contributed by atoms with E-state index in [4.69, 9.17) is 34.6 Å². The fourth-order valence-electron chi connectivity index (χ4n) is 14.0. The number of benzene rings is 3. The summed E-state index contributed by atoms with van der Waals surface area (Å²) in [5.74, 6) is 7.63. The Morgan fingerprint density at radius 3 is 0.853 bits per heavy atom. The first-order chi connectivity index (χ1) is 66.8. The molecular formula is C101H86N34O3Pt5. The monoisotopic (exact) mass is 2800 g/mol. The van der Waals surface area contributed by atoms with Gasteiger partial charge in [-0.2, -0.15) is 0 Å². The van der Waals surface area contributed by atoms with Gasteiger partial charge in [0, 0.05) is 184 Å². The number of hydrogen-bond donors (Lipinski definition) is 2. The third-order valence-electron chi connectivity index (χ3n) is 21.0. The first-order valence-electron chi connectivity index (χ1n) is 43.2. The van der Waals surface area contributed by atoms with E-state index in [1.807, 2.05) is 158 Å². The van der Waals surface area contributed by atoms with E-state index in [1.165, 1.54) is 66.1 Å². The van der Waals surface area contributed by atoms with Gasteiger partial charge in [-0.15, -0.1) is 0 Å². The van der Waals surface area contributed by atoms with Crippen LogP contribution in [0.5, 0.6) is 11.8 Å². The number of aromatic nitrogens is 34. The van der Waals surface area contributed by atoms with Gasteiger partial charge in [0.05, 0.1) is 92.1 Å². The summed E-state index contributed by atoms with van der Waals surface area (Å²) in [6.45, 7) is 24.0. The van der Waals surface area contributed by atoms with Crippen LogP contribution in [0.3, 0.4) is 0 Å². The van der Waals surface area contributed by atoms with Gasteiger partial charge in [-0.3, -0.25) is 39.9 Å². The standard InChI is InChI=1S/C30H24N2O2.C25H30N8.C17H14N8.C15H10N8.C14H8N8O.5Pt/c1-19(33)15-23-17-27(21-9-5-3-6-10-21)25-13-14-26-28(22-11-7-4-8-12-22)18-24(16-20(2)34)32-30(26)29(25)31-23;1-23(2,3)21-26-15-32(30-21)19-13-9-11-17(28-19)25(7,8)18-12-10-14-20(29-18)33-16-27-22(31-33)24(4,5)6;1-17(2,13-5-3-7-15(22-13)24-11-18-9-20-24)14-6-4-8-16(23-14)25-12-19-10-21-25;1-3-12(20-14(5-1)22-10-16-8-18-22)7-13-4-2-6-15(21-13)23-11-17-9-19-23;1-3-11(21-9-15-7-17-21)19-13(5-1)23-14-6-2-4-12(20-14)22-10-16-8-18-22;;;;;/h3-18,33-34H,1-2H3;9-14H,1-8H3;3-10H,1-2H3;1-6,8-9H,7H2;1-8H;;;;;/q;4*-2;;4*+2. The van der Waals surface area contributed by atoms with Crippen molar-refractivity contribution >= 4 is 34.0 Å². The van der Waals surface area contributed by atoms with Crippen LogP contribution in [0.1, 0.15) is 140 Å². The molecule has 143 heavy (non-hydrogen) atoms. The molecule has 0 radical (unpaired) electrons. The predicted octanol–water partition coefficient (Wildman–Crippen LogP) is 15.5. The van der Waals surface area contributed by atoms with Crippen LogP contribution < -0.4 is 4.74 Å². The first-order valence-corrected chi connectivity index (χ1v) is 43.2. The van der Waals surface area contributed by atoms with Gasteiger partial charge in [0.1, 0.15) is 0 Å². The molecule has 3 aromatic carbocycles. The first kappa shape index (κ1) is 107. The molecule has 0 aliphatic rings. The van der Waals surface area contributed by atoms with Crippen molar-refractivity contribution in [3.8, 4) is 80.6 Å². The molecule has 0 saturated heterocycles. The Hall–Kier alpha value is -14.9. The maximum atomic E-state index is 9.96. The summed E-state index contributed by atoms with van der Waals surface area (Å²) in [7, 11) is 0. The maximum absolute atomic E-state index is 9.96. The van der Waals surface area contributed by atoms with E-state index in [0.717, 1.165) is 89.9 Å². The Balaban J connectivity index is 0.000000160. The van der Waals surface area contributed by atoms with Crippen LogP contribution in [0.4, 0.5) is 0 Å². The van der Waals surface area contributed by atoms with Crippen molar-refractivity contribution in [1.82, 2.24) is 168 Å². The quantitative estimate of drug-likeness (QED) is 0.0406. The number of pyridine rings is 10. The predicted molar refractivity (Wildman–Crippen MR) is 509 cm³/mol. The van der Waals surface area contributed by atoms with Crippen LogP contribution in [0.2, 0.25) is 0 Å². The van der Waals surface area contributed by atoms with E-state index in [2.05, 4.69) is 257 Å². The third-order valence-corrected chi connectivity index (χ3v) is 21.0. The minimum atomic E-state index is -0.465. The van der Waals surface area contributed by atoms with Crippen LogP contribution in [0.25, 0.3) is 103 Å². The molecule has 0 aliphatic carbocycles.